The van der Waals surface area contributed by atoms with Crippen LogP contribution in [0.3, 0.4) is 0 Å². The molecule has 0 aliphatic carbocycles. The highest BCUT2D eigenvalue weighted by atomic mass is 16.4. The Balaban J connectivity index is 1.55. The Morgan fingerprint density at radius 3 is 2.59 bits per heavy atom. The Morgan fingerprint density at radius 1 is 1.26 bits per heavy atom. The molecule has 0 atom stereocenters. The van der Waals surface area contributed by atoms with Crippen molar-refractivity contribution in [1.29, 1.82) is 0 Å². The third-order valence-electron chi connectivity index (χ3n) is 5.65. The van der Waals surface area contributed by atoms with E-state index in [0.717, 1.165) is 5.82 Å². The van der Waals surface area contributed by atoms with Gasteiger partial charge in [-0.2, -0.15) is 0 Å². The first-order chi connectivity index (χ1) is 13.0. The van der Waals surface area contributed by atoms with Crippen molar-refractivity contribution in [3.63, 3.8) is 0 Å². The third-order valence-corrected chi connectivity index (χ3v) is 5.65. The minimum atomic E-state index is -0.887. The van der Waals surface area contributed by atoms with Crippen molar-refractivity contribution in [2.45, 2.75) is 39.5 Å². The average Bonchev–Trinajstić information content (AvgIpc) is 3.16. The highest BCUT2D eigenvalue weighted by Crippen LogP contribution is 2.27. The van der Waals surface area contributed by atoms with Crippen LogP contribution in [-0.2, 0) is 9.59 Å². The van der Waals surface area contributed by atoms with Gasteiger partial charge < -0.3 is 15.3 Å². The summed E-state index contributed by atoms with van der Waals surface area (Å²) in [5.74, 6) is -0.258. The molecule has 2 N–H and O–H groups in total. The van der Waals surface area contributed by atoms with Crippen LogP contribution in [-0.4, -0.2) is 61.9 Å². The molecule has 1 fully saturated rings. The largest absolute Gasteiger partial charge is 0.481 e. The quantitative estimate of drug-likeness (QED) is 0.726. The zero-order valence-electron chi connectivity index (χ0n) is 15.6. The number of aromatic nitrogens is 5. The van der Waals surface area contributed by atoms with Crippen molar-refractivity contribution in [3.8, 4) is 0 Å². The standard InChI is InChI=1S/C17H25N7O3/c1-3-17(4-2,16(26)27)11-18-15(25)12-7-9-23(10-8-12)14-6-5-13-19-21-22-24(13)20-14/h5-6,12H,3-4,7-11H2,1-2H3,(H,18,25)(H,26,27). The number of tetrazole rings is 1. The van der Waals surface area contributed by atoms with Crippen LogP contribution in [0.5, 0.6) is 0 Å². The fourth-order valence-electron chi connectivity index (χ4n) is 3.46. The first-order valence-corrected chi connectivity index (χ1v) is 9.30. The molecule has 2 aromatic rings. The molecule has 1 aliphatic rings. The summed E-state index contributed by atoms with van der Waals surface area (Å²) >= 11 is 0. The lowest BCUT2D eigenvalue weighted by Gasteiger charge is -2.33. The normalized spacial score (nSPS) is 15.9. The number of fused-ring (bicyclic) bond motifs is 1. The average molecular weight is 375 g/mol. The summed E-state index contributed by atoms with van der Waals surface area (Å²) in [4.78, 5) is 26.2. The van der Waals surface area contributed by atoms with Crippen molar-refractivity contribution in [2.75, 3.05) is 24.5 Å². The number of rotatable bonds is 7. The molecule has 0 spiro atoms. The van der Waals surface area contributed by atoms with E-state index in [9.17, 15) is 14.7 Å². The fourth-order valence-corrected chi connectivity index (χ4v) is 3.46. The van der Waals surface area contributed by atoms with Gasteiger partial charge in [-0.3, -0.25) is 9.59 Å². The summed E-state index contributed by atoms with van der Waals surface area (Å²) in [5, 5.41) is 27.9. The molecule has 3 heterocycles. The minimum absolute atomic E-state index is 0.0638. The van der Waals surface area contributed by atoms with E-state index in [1.807, 2.05) is 26.0 Å². The number of carbonyl (C=O) groups is 2. The van der Waals surface area contributed by atoms with Gasteiger partial charge in [-0.1, -0.05) is 13.8 Å². The van der Waals surface area contributed by atoms with Crippen LogP contribution >= 0.6 is 0 Å². The predicted octanol–water partition coefficient (Wildman–Crippen LogP) is 0.743. The maximum absolute atomic E-state index is 12.5. The highest BCUT2D eigenvalue weighted by Gasteiger charge is 2.36. The van der Waals surface area contributed by atoms with Crippen molar-refractivity contribution in [3.05, 3.63) is 12.1 Å². The van der Waals surface area contributed by atoms with E-state index >= 15 is 0 Å². The van der Waals surface area contributed by atoms with Gasteiger partial charge in [-0.05, 0) is 48.2 Å². The topological polar surface area (TPSA) is 126 Å². The first-order valence-electron chi connectivity index (χ1n) is 9.30. The monoisotopic (exact) mass is 375 g/mol. The molecule has 0 aromatic carbocycles. The summed E-state index contributed by atoms with van der Waals surface area (Å²) in [6, 6.07) is 3.68. The lowest BCUT2D eigenvalue weighted by molar-refractivity contribution is -0.149. The molecule has 0 unspecified atom stereocenters. The van der Waals surface area contributed by atoms with Crippen molar-refractivity contribution >= 4 is 23.3 Å². The molecule has 0 bridgehead atoms. The second-order valence-corrected chi connectivity index (χ2v) is 6.99. The molecule has 1 saturated heterocycles. The number of aliphatic carboxylic acids is 1. The van der Waals surface area contributed by atoms with Gasteiger partial charge in [0.1, 0.15) is 0 Å². The van der Waals surface area contributed by atoms with Gasteiger partial charge >= 0.3 is 5.97 Å². The highest BCUT2D eigenvalue weighted by molar-refractivity contribution is 5.81. The summed E-state index contributed by atoms with van der Waals surface area (Å²) in [6.07, 6.45) is 2.37. The number of nitrogens with zero attached hydrogens (tertiary/aromatic N) is 6. The van der Waals surface area contributed by atoms with Crippen LogP contribution in [0, 0.1) is 11.3 Å². The second kappa shape index (κ2) is 7.85. The number of nitrogens with one attached hydrogen (secondary N) is 1. The number of anilines is 1. The molecule has 27 heavy (non-hydrogen) atoms. The fraction of sp³-hybridized carbons (Fsp3) is 0.647. The van der Waals surface area contributed by atoms with Gasteiger partial charge in [0.05, 0.1) is 5.41 Å². The number of amides is 1. The van der Waals surface area contributed by atoms with Crippen LogP contribution in [0.4, 0.5) is 5.82 Å². The number of carbonyl (C=O) groups excluding carboxylic acids is 1. The van der Waals surface area contributed by atoms with E-state index in [4.69, 9.17) is 0 Å². The molecule has 1 aliphatic heterocycles. The summed E-state index contributed by atoms with van der Waals surface area (Å²) in [5.41, 5.74) is -0.302. The van der Waals surface area contributed by atoms with E-state index in [2.05, 4.69) is 30.8 Å². The lowest BCUT2D eigenvalue weighted by atomic mass is 9.82. The number of carboxylic acid groups (broad SMARTS) is 1. The third kappa shape index (κ3) is 3.83. The van der Waals surface area contributed by atoms with Gasteiger partial charge in [0.25, 0.3) is 0 Å². The lowest BCUT2D eigenvalue weighted by Crippen LogP contribution is -2.46. The van der Waals surface area contributed by atoms with Gasteiger partial charge in [0.2, 0.25) is 5.91 Å². The number of hydrogen-bond acceptors (Lipinski definition) is 7. The van der Waals surface area contributed by atoms with Crippen LogP contribution in [0.25, 0.3) is 5.65 Å². The van der Waals surface area contributed by atoms with Crippen LogP contribution in [0.2, 0.25) is 0 Å². The summed E-state index contributed by atoms with van der Waals surface area (Å²) in [7, 11) is 0. The second-order valence-electron chi connectivity index (χ2n) is 6.99. The summed E-state index contributed by atoms with van der Waals surface area (Å²) in [6.45, 7) is 5.26. The number of hydrogen-bond donors (Lipinski definition) is 2. The Labute approximate surface area is 156 Å². The van der Waals surface area contributed by atoms with Crippen LogP contribution in [0.15, 0.2) is 12.1 Å². The van der Waals surface area contributed by atoms with Gasteiger partial charge in [-0.15, -0.1) is 14.8 Å². The molecule has 2 aromatic heterocycles. The van der Waals surface area contributed by atoms with Gasteiger partial charge in [-0.25, -0.2) is 0 Å². The van der Waals surface area contributed by atoms with E-state index < -0.39 is 11.4 Å². The van der Waals surface area contributed by atoms with Crippen LogP contribution in [0.1, 0.15) is 39.5 Å². The molecule has 1 amide bonds. The molecule has 146 valence electrons. The predicted molar refractivity (Wildman–Crippen MR) is 97.2 cm³/mol. The zero-order valence-corrected chi connectivity index (χ0v) is 15.6. The van der Waals surface area contributed by atoms with E-state index in [-0.39, 0.29) is 18.4 Å². The Hall–Kier alpha value is -2.78. The Morgan fingerprint density at radius 2 is 1.96 bits per heavy atom. The van der Waals surface area contributed by atoms with Crippen LogP contribution < -0.4 is 10.2 Å². The Kier molecular flexibility index (Phi) is 5.52. The first kappa shape index (κ1) is 19.0. The smallest absolute Gasteiger partial charge is 0.311 e. The number of piperidine rings is 1. The van der Waals surface area contributed by atoms with Crippen molar-refractivity contribution < 1.29 is 14.7 Å². The molecular weight excluding hydrogens is 350 g/mol. The maximum Gasteiger partial charge on any atom is 0.311 e. The molecule has 3 rings (SSSR count). The van der Waals surface area contributed by atoms with E-state index in [1.54, 1.807) is 0 Å². The number of carboxylic acids is 1. The summed E-state index contributed by atoms with van der Waals surface area (Å²) < 4.78 is 1.38. The molecule has 10 nitrogen and oxygen atoms in total. The zero-order chi connectivity index (χ0) is 19.4. The SMILES string of the molecule is CCC(CC)(CNC(=O)C1CCN(c2ccc3nnnn3n2)CC1)C(=O)O. The molecular formula is C17H25N7O3. The molecule has 10 heteroatoms. The maximum atomic E-state index is 12.5. The van der Waals surface area contributed by atoms with E-state index in [1.165, 1.54) is 4.63 Å². The van der Waals surface area contributed by atoms with Gasteiger partial charge in [0.15, 0.2) is 11.5 Å². The minimum Gasteiger partial charge on any atom is -0.481 e. The van der Waals surface area contributed by atoms with Crippen molar-refractivity contribution in [1.82, 2.24) is 30.6 Å². The Bertz CT molecular complexity index is 810. The van der Waals surface area contributed by atoms with Gasteiger partial charge in [0, 0.05) is 25.6 Å². The molecule has 0 radical (unpaired) electrons. The van der Waals surface area contributed by atoms with E-state index in [0.29, 0.717) is 44.4 Å². The molecule has 0 saturated carbocycles. The van der Waals surface area contributed by atoms with Crippen molar-refractivity contribution in [2.24, 2.45) is 11.3 Å².